The van der Waals surface area contributed by atoms with E-state index >= 15 is 0 Å². The highest BCUT2D eigenvalue weighted by molar-refractivity contribution is 6.38. The summed E-state index contributed by atoms with van der Waals surface area (Å²) >= 11 is 12.2. The number of ether oxygens (including phenoxy) is 1. The minimum absolute atomic E-state index is 0.142. The molecule has 1 aromatic carbocycles. The van der Waals surface area contributed by atoms with Crippen molar-refractivity contribution in [1.82, 2.24) is 9.80 Å². The van der Waals surface area contributed by atoms with Crippen LogP contribution in [0.15, 0.2) is 22.6 Å². The largest absolute Gasteiger partial charge is 0.451 e. The topological polar surface area (TPSA) is 63.0 Å². The lowest BCUT2D eigenvalue weighted by molar-refractivity contribution is 0.00261. The lowest BCUT2D eigenvalue weighted by atomic mass is 10.1. The second kappa shape index (κ2) is 7.34. The first-order chi connectivity index (χ1) is 12.5. The summed E-state index contributed by atoms with van der Waals surface area (Å²) in [4.78, 5) is 29.2. The highest BCUT2D eigenvalue weighted by Gasteiger charge is 2.38. The van der Waals surface area contributed by atoms with Crippen LogP contribution >= 0.6 is 23.2 Å². The Bertz CT molecular complexity index is 888. The molecule has 1 aromatic heterocycles. The molecule has 0 aliphatic carbocycles. The number of furan rings is 1. The van der Waals surface area contributed by atoms with Gasteiger partial charge in [-0.3, -0.25) is 9.69 Å². The highest BCUT2D eigenvalue weighted by atomic mass is 35.5. The number of nitrogens with zero attached hydrogens (tertiary/aromatic N) is 2. The van der Waals surface area contributed by atoms with Crippen molar-refractivity contribution in [3.8, 4) is 0 Å². The number of hydrogen-bond donors (Lipinski definition) is 0. The van der Waals surface area contributed by atoms with Gasteiger partial charge in [0.25, 0.3) is 0 Å². The monoisotopic (exact) mass is 412 g/mol. The van der Waals surface area contributed by atoms with Gasteiger partial charge < -0.3 is 14.1 Å². The molecule has 0 unspecified atom stereocenters. The lowest BCUT2D eigenvalue weighted by Crippen LogP contribution is -2.58. The standard InChI is InChI=1S/C19H22Cl2N2O4/c1-19(2,3)27-18(25)23-6-5-22(4)10-14(23)16(24)15-8-11-7-12(20)9-13(21)17(11)26-15/h7-9,14H,5-6,10H2,1-4H3/t14-/m0/s1. The molecular formula is C19H22Cl2N2O4. The Labute approximate surface area is 167 Å². The van der Waals surface area contributed by atoms with Gasteiger partial charge in [0.2, 0.25) is 5.78 Å². The molecule has 8 heteroatoms. The van der Waals surface area contributed by atoms with Crippen molar-refractivity contribution in [3.63, 3.8) is 0 Å². The summed E-state index contributed by atoms with van der Waals surface area (Å²) in [5.74, 6) is -0.154. The fourth-order valence-electron chi connectivity index (χ4n) is 3.04. The fraction of sp³-hybridized carbons (Fsp3) is 0.474. The minimum atomic E-state index is -0.701. The number of benzene rings is 1. The van der Waals surface area contributed by atoms with Gasteiger partial charge in [-0.05, 0) is 46.0 Å². The van der Waals surface area contributed by atoms with Crippen molar-refractivity contribution in [1.29, 1.82) is 0 Å². The van der Waals surface area contributed by atoms with Crippen LogP contribution in [0.3, 0.4) is 0 Å². The van der Waals surface area contributed by atoms with Crippen LogP contribution in [0.25, 0.3) is 11.0 Å². The van der Waals surface area contributed by atoms with E-state index in [2.05, 4.69) is 0 Å². The Balaban J connectivity index is 1.92. The first-order valence-electron chi connectivity index (χ1n) is 8.66. The molecule has 0 radical (unpaired) electrons. The summed E-state index contributed by atoms with van der Waals surface area (Å²) in [7, 11) is 1.90. The van der Waals surface area contributed by atoms with Crippen molar-refractivity contribution < 1.29 is 18.7 Å². The van der Waals surface area contributed by atoms with Gasteiger partial charge in [0.15, 0.2) is 11.3 Å². The van der Waals surface area contributed by atoms with E-state index in [0.29, 0.717) is 40.6 Å². The lowest BCUT2D eigenvalue weighted by Gasteiger charge is -2.39. The van der Waals surface area contributed by atoms with E-state index in [1.54, 1.807) is 39.0 Å². The maximum Gasteiger partial charge on any atom is 0.411 e. The molecule has 1 atom stereocenters. The third kappa shape index (κ3) is 4.39. The van der Waals surface area contributed by atoms with E-state index in [-0.39, 0.29) is 11.5 Å². The molecule has 0 saturated carbocycles. The van der Waals surface area contributed by atoms with Crippen LogP contribution in [-0.4, -0.2) is 60.0 Å². The number of ketones is 1. The average molecular weight is 413 g/mol. The van der Waals surface area contributed by atoms with Crippen LogP contribution in [0.4, 0.5) is 4.79 Å². The second-order valence-electron chi connectivity index (χ2n) is 7.73. The molecule has 0 bridgehead atoms. The Morgan fingerprint density at radius 1 is 1.19 bits per heavy atom. The van der Waals surface area contributed by atoms with Gasteiger partial charge in [-0.25, -0.2) is 4.79 Å². The summed E-state index contributed by atoms with van der Waals surface area (Å²) < 4.78 is 11.2. The number of hydrogen-bond acceptors (Lipinski definition) is 5. The number of amides is 1. The molecule has 146 valence electrons. The molecule has 1 saturated heterocycles. The average Bonchev–Trinajstić information content (AvgIpc) is 2.96. The zero-order chi connectivity index (χ0) is 19.9. The van der Waals surface area contributed by atoms with Gasteiger partial charge >= 0.3 is 6.09 Å². The van der Waals surface area contributed by atoms with Crippen LogP contribution in [0.2, 0.25) is 10.0 Å². The maximum atomic E-state index is 13.1. The molecular weight excluding hydrogens is 391 g/mol. The van der Waals surface area contributed by atoms with Gasteiger partial charge in [-0.15, -0.1) is 0 Å². The number of fused-ring (bicyclic) bond motifs is 1. The van der Waals surface area contributed by atoms with Crippen LogP contribution in [0.1, 0.15) is 31.3 Å². The number of likely N-dealkylation sites (N-methyl/N-ethyl adjacent to an activating group) is 1. The summed E-state index contributed by atoms with van der Waals surface area (Å²) in [5, 5.41) is 1.44. The summed E-state index contributed by atoms with van der Waals surface area (Å²) in [6.45, 7) is 6.83. The van der Waals surface area contributed by atoms with E-state index in [9.17, 15) is 9.59 Å². The zero-order valence-corrected chi connectivity index (χ0v) is 17.2. The molecule has 2 heterocycles. The Morgan fingerprint density at radius 3 is 2.56 bits per heavy atom. The molecule has 1 aliphatic heterocycles. The summed E-state index contributed by atoms with van der Waals surface area (Å²) in [5.41, 5.74) is -0.241. The number of Topliss-reactive ketones (excluding diaryl/α,β-unsaturated/α-hetero) is 1. The normalized spacial score (nSPS) is 18.7. The second-order valence-corrected chi connectivity index (χ2v) is 8.58. The number of carbonyl (C=O) groups is 2. The molecule has 2 aromatic rings. The van der Waals surface area contributed by atoms with Gasteiger partial charge in [0, 0.05) is 30.0 Å². The quantitative estimate of drug-likeness (QED) is 0.680. The van der Waals surface area contributed by atoms with Gasteiger partial charge in [-0.1, -0.05) is 23.2 Å². The first kappa shape index (κ1) is 20.0. The molecule has 1 fully saturated rings. The number of carbonyl (C=O) groups excluding carboxylic acids is 2. The Morgan fingerprint density at radius 2 is 1.89 bits per heavy atom. The van der Waals surface area contributed by atoms with Gasteiger partial charge in [0.1, 0.15) is 11.6 Å². The zero-order valence-electron chi connectivity index (χ0n) is 15.7. The van der Waals surface area contributed by atoms with Crippen molar-refractivity contribution in [2.75, 3.05) is 26.7 Å². The number of piperazine rings is 1. The Hall–Kier alpha value is -1.76. The molecule has 1 aliphatic rings. The van der Waals surface area contributed by atoms with Crippen LogP contribution in [0, 0.1) is 0 Å². The highest BCUT2D eigenvalue weighted by Crippen LogP contribution is 2.31. The van der Waals surface area contributed by atoms with E-state index < -0.39 is 17.7 Å². The molecule has 6 nitrogen and oxygen atoms in total. The predicted octanol–water partition coefficient (Wildman–Crippen LogP) is 4.47. The van der Waals surface area contributed by atoms with Gasteiger partial charge in [-0.2, -0.15) is 0 Å². The minimum Gasteiger partial charge on any atom is -0.451 e. The third-order valence-corrected chi connectivity index (χ3v) is 4.79. The third-order valence-electron chi connectivity index (χ3n) is 4.29. The van der Waals surface area contributed by atoms with E-state index in [4.69, 9.17) is 32.4 Å². The Kier molecular flexibility index (Phi) is 5.43. The summed E-state index contributed by atoms with van der Waals surface area (Å²) in [6, 6.07) is 4.15. The van der Waals surface area contributed by atoms with Crippen molar-refractivity contribution in [3.05, 3.63) is 34.0 Å². The number of halogens is 2. The van der Waals surface area contributed by atoms with Crippen molar-refractivity contribution in [2.24, 2.45) is 0 Å². The molecule has 0 N–H and O–H groups in total. The molecule has 1 amide bonds. The molecule has 0 spiro atoms. The fourth-order valence-corrected chi connectivity index (χ4v) is 3.59. The molecule has 27 heavy (non-hydrogen) atoms. The van der Waals surface area contributed by atoms with E-state index in [1.165, 1.54) is 4.90 Å². The van der Waals surface area contributed by atoms with Crippen molar-refractivity contribution in [2.45, 2.75) is 32.4 Å². The van der Waals surface area contributed by atoms with Gasteiger partial charge in [0.05, 0.1) is 5.02 Å². The van der Waals surface area contributed by atoms with Crippen LogP contribution in [0.5, 0.6) is 0 Å². The SMILES string of the molecule is CN1CCN(C(=O)OC(C)(C)C)[C@H](C(=O)c2cc3cc(Cl)cc(Cl)c3o2)C1. The number of rotatable bonds is 2. The smallest absolute Gasteiger partial charge is 0.411 e. The van der Waals surface area contributed by atoms with Crippen LogP contribution < -0.4 is 0 Å². The predicted molar refractivity (Wildman–Crippen MR) is 105 cm³/mol. The molecule has 3 rings (SSSR count). The van der Waals surface area contributed by atoms with Crippen molar-refractivity contribution >= 4 is 46.0 Å². The van der Waals surface area contributed by atoms with E-state index in [1.807, 2.05) is 11.9 Å². The summed E-state index contributed by atoms with van der Waals surface area (Å²) in [6.07, 6.45) is -0.508. The van der Waals surface area contributed by atoms with Crippen LogP contribution in [-0.2, 0) is 4.74 Å². The first-order valence-corrected chi connectivity index (χ1v) is 9.42. The maximum absolute atomic E-state index is 13.1. The van der Waals surface area contributed by atoms with E-state index in [0.717, 1.165) is 0 Å².